The van der Waals surface area contributed by atoms with Gasteiger partial charge in [0.15, 0.2) is 0 Å². The number of nitrogens with zero attached hydrogens (tertiary/aromatic N) is 1. The van der Waals surface area contributed by atoms with Crippen molar-refractivity contribution in [3.63, 3.8) is 0 Å². The Morgan fingerprint density at radius 3 is 2.56 bits per heavy atom. The highest BCUT2D eigenvalue weighted by Gasteiger charge is 2.39. The smallest absolute Gasteiger partial charge is 0.221 e. The molecule has 1 aliphatic heterocycles. The van der Waals surface area contributed by atoms with E-state index < -0.39 is 0 Å². The van der Waals surface area contributed by atoms with Gasteiger partial charge in [0.05, 0.1) is 0 Å². The molecule has 0 radical (unpaired) electrons. The Morgan fingerprint density at radius 2 is 1.94 bits per heavy atom. The van der Waals surface area contributed by atoms with Gasteiger partial charge in [0.2, 0.25) is 5.91 Å². The van der Waals surface area contributed by atoms with E-state index in [-0.39, 0.29) is 11.4 Å². The van der Waals surface area contributed by atoms with Gasteiger partial charge in [0.1, 0.15) is 0 Å². The molecule has 1 amide bonds. The molecular weight excluding hydrogens is 246 g/mol. The van der Waals surface area contributed by atoms with E-state index in [0.29, 0.717) is 13.0 Å². The molecule has 18 heavy (non-hydrogen) atoms. The third-order valence-corrected chi connectivity index (χ3v) is 5.14. The first-order chi connectivity index (χ1) is 8.77. The van der Waals surface area contributed by atoms with E-state index in [9.17, 15) is 4.79 Å². The number of amides is 1. The van der Waals surface area contributed by atoms with Gasteiger partial charge in [-0.3, -0.25) is 9.69 Å². The van der Waals surface area contributed by atoms with E-state index in [1.54, 1.807) is 0 Å². The minimum Gasteiger partial charge on any atom is -0.354 e. The quantitative estimate of drug-likeness (QED) is 0.777. The van der Waals surface area contributed by atoms with Crippen molar-refractivity contribution in [2.75, 3.05) is 37.7 Å². The van der Waals surface area contributed by atoms with Crippen LogP contribution >= 0.6 is 11.8 Å². The lowest BCUT2D eigenvalue weighted by molar-refractivity contribution is -0.121. The largest absolute Gasteiger partial charge is 0.354 e. The number of nitrogens with one attached hydrogen (secondary N) is 1. The Kier molecular flexibility index (Phi) is 5.33. The Labute approximate surface area is 114 Å². The predicted molar refractivity (Wildman–Crippen MR) is 76.8 cm³/mol. The zero-order valence-corrected chi connectivity index (χ0v) is 11.9. The summed E-state index contributed by atoms with van der Waals surface area (Å²) >= 11 is 2.04. The summed E-state index contributed by atoms with van der Waals surface area (Å²) < 4.78 is 0. The molecule has 1 aliphatic carbocycles. The highest BCUT2D eigenvalue weighted by Crippen LogP contribution is 2.36. The van der Waals surface area contributed by atoms with Crippen LogP contribution in [0, 0.1) is 0 Å². The molecule has 0 aromatic heterocycles. The monoisotopic (exact) mass is 271 g/mol. The number of nitrogens with two attached hydrogens (primary N) is 1. The number of rotatable bonds is 5. The normalized spacial score (nSPS) is 24.1. The van der Waals surface area contributed by atoms with Crippen molar-refractivity contribution < 1.29 is 4.79 Å². The van der Waals surface area contributed by atoms with Crippen LogP contribution in [0.4, 0.5) is 0 Å². The average molecular weight is 271 g/mol. The molecule has 1 saturated carbocycles. The molecular formula is C13H25N3OS. The lowest BCUT2D eigenvalue weighted by atomic mass is 9.94. The lowest BCUT2D eigenvalue weighted by Crippen LogP contribution is -2.56. The van der Waals surface area contributed by atoms with Gasteiger partial charge in [-0.2, -0.15) is 11.8 Å². The van der Waals surface area contributed by atoms with Crippen molar-refractivity contribution in [2.24, 2.45) is 5.73 Å². The van der Waals surface area contributed by atoms with Crippen LogP contribution in [-0.2, 0) is 4.79 Å². The van der Waals surface area contributed by atoms with E-state index in [0.717, 1.165) is 6.54 Å². The Hall–Kier alpha value is -0.260. The van der Waals surface area contributed by atoms with Gasteiger partial charge >= 0.3 is 0 Å². The Morgan fingerprint density at radius 1 is 1.28 bits per heavy atom. The average Bonchev–Trinajstić information content (AvgIpc) is 2.88. The van der Waals surface area contributed by atoms with Crippen LogP contribution in [0.1, 0.15) is 32.1 Å². The third-order valence-electron chi connectivity index (χ3n) is 4.20. The van der Waals surface area contributed by atoms with Gasteiger partial charge in [0.25, 0.3) is 0 Å². The molecule has 5 heteroatoms. The van der Waals surface area contributed by atoms with Crippen molar-refractivity contribution >= 4 is 17.7 Å². The topological polar surface area (TPSA) is 58.4 Å². The molecule has 4 nitrogen and oxygen atoms in total. The molecule has 104 valence electrons. The molecule has 0 atom stereocenters. The number of thioether (sulfide) groups is 1. The van der Waals surface area contributed by atoms with Crippen LogP contribution in [0.2, 0.25) is 0 Å². The summed E-state index contributed by atoms with van der Waals surface area (Å²) in [5.41, 5.74) is 5.66. The maximum absolute atomic E-state index is 11.6. The highest BCUT2D eigenvalue weighted by atomic mass is 32.2. The molecule has 0 bridgehead atoms. The zero-order valence-electron chi connectivity index (χ0n) is 11.1. The summed E-state index contributed by atoms with van der Waals surface area (Å²) in [5, 5.41) is 3.10. The minimum absolute atomic E-state index is 0.107. The summed E-state index contributed by atoms with van der Waals surface area (Å²) in [7, 11) is 0. The molecule has 3 N–H and O–H groups in total. The Bertz CT molecular complexity index is 273. The first-order valence-corrected chi connectivity index (χ1v) is 8.22. The van der Waals surface area contributed by atoms with Crippen molar-refractivity contribution in [1.29, 1.82) is 0 Å². The number of hydrogen-bond donors (Lipinski definition) is 2. The van der Waals surface area contributed by atoms with Crippen LogP contribution in [-0.4, -0.2) is 54.0 Å². The number of hydrogen-bond acceptors (Lipinski definition) is 4. The second-order valence-corrected chi connectivity index (χ2v) is 6.57. The van der Waals surface area contributed by atoms with Gasteiger partial charge in [-0.1, -0.05) is 12.8 Å². The number of carbonyl (C=O) groups excluding carboxylic acids is 1. The van der Waals surface area contributed by atoms with Gasteiger partial charge in [-0.15, -0.1) is 0 Å². The fourth-order valence-corrected chi connectivity index (χ4v) is 4.06. The van der Waals surface area contributed by atoms with Gasteiger partial charge < -0.3 is 11.1 Å². The van der Waals surface area contributed by atoms with Crippen molar-refractivity contribution in [2.45, 2.75) is 37.6 Å². The first-order valence-electron chi connectivity index (χ1n) is 7.06. The standard InChI is InChI=1S/C13H25N3OS/c14-6-3-12(17)15-11-13(4-1-2-5-13)16-7-9-18-10-8-16/h1-11,14H2,(H,15,17). The number of carbonyl (C=O) groups is 1. The van der Waals surface area contributed by atoms with Gasteiger partial charge in [0, 0.05) is 49.6 Å². The van der Waals surface area contributed by atoms with E-state index in [4.69, 9.17) is 5.73 Å². The second-order valence-electron chi connectivity index (χ2n) is 5.35. The molecule has 1 saturated heterocycles. The Balaban J connectivity index is 1.91. The van der Waals surface area contributed by atoms with Crippen LogP contribution in [0.3, 0.4) is 0 Å². The van der Waals surface area contributed by atoms with Crippen LogP contribution in [0.5, 0.6) is 0 Å². The molecule has 0 unspecified atom stereocenters. The fourth-order valence-electron chi connectivity index (χ4n) is 3.16. The fraction of sp³-hybridized carbons (Fsp3) is 0.923. The van der Waals surface area contributed by atoms with Crippen LogP contribution in [0.15, 0.2) is 0 Å². The van der Waals surface area contributed by atoms with E-state index in [2.05, 4.69) is 10.2 Å². The molecule has 0 aromatic carbocycles. The highest BCUT2D eigenvalue weighted by molar-refractivity contribution is 7.99. The summed E-state index contributed by atoms with van der Waals surface area (Å²) in [6, 6.07) is 0. The molecule has 0 aromatic rings. The minimum atomic E-state index is 0.107. The zero-order chi connectivity index (χ0) is 12.8. The molecule has 2 rings (SSSR count). The molecule has 0 spiro atoms. The summed E-state index contributed by atoms with van der Waals surface area (Å²) in [5.74, 6) is 2.58. The van der Waals surface area contributed by atoms with Crippen LogP contribution in [0.25, 0.3) is 0 Å². The van der Waals surface area contributed by atoms with E-state index >= 15 is 0 Å². The summed E-state index contributed by atoms with van der Waals surface area (Å²) in [6.45, 7) is 3.62. The first kappa shape index (κ1) is 14.2. The van der Waals surface area contributed by atoms with Gasteiger partial charge in [-0.25, -0.2) is 0 Å². The predicted octanol–water partition coefficient (Wildman–Crippen LogP) is 0.813. The summed E-state index contributed by atoms with van der Waals surface area (Å²) in [4.78, 5) is 14.2. The third kappa shape index (κ3) is 3.39. The summed E-state index contributed by atoms with van der Waals surface area (Å²) in [6.07, 6.45) is 5.53. The van der Waals surface area contributed by atoms with Crippen LogP contribution < -0.4 is 11.1 Å². The van der Waals surface area contributed by atoms with Crippen molar-refractivity contribution in [1.82, 2.24) is 10.2 Å². The molecule has 1 heterocycles. The second kappa shape index (κ2) is 6.78. The lowest BCUT2D eigenvalue weighted by Gasteiger charge is -2.43. The van der Waals surface area contributed by atoms with E-state index in [1.807, 2.05) is 11.8 Å². The molecule has 2 aliphatic rings. The maximum Gasteiger partial charge on any atom is 0.221 e. The SMILES string of the molecule is NCCC(=O)NCC1(N2CCSCC2)CCCC1. The van der Waals surface area contributed by atoms with Crippen molar-refractivity contribution in [3.05, 3.63) is 0 Å². The van der Waals surface area contributed by atoms with Crippen molar-refractivity contribution in [3.8, 4) is 0 Å². The van der Waals surface area contributed by atoms with E-state index in [1.165, 1.54) is 50.3 Å². The molecule has 2 fully saturated rings. The van der Waals surface area contributed by atoms with Gasteiger partial charge in [-0.05, 0) is 12.8 Å². The maximum atomic E-state index is 11.6.